The lowest BCUT2D eigenvalue weighted by atomic mass is 10.1. The van der Waals surface area contributed by atoms with E-state index in [1.54, 1.807) is 16.6 Å². The second-order valence-electron chi connectivity index (χ2n) is 5.67. The Morgan fingerprint density at radius 3 is 2.70 bits per heavy atom. The minimum atomic E-state index is -0.0491. The van der Waals surface area contributed by atoms with Gasteiger partial charge in [-0.3, -0.25) is 14.3 Å². The van der Waals surface area contributed by atoms with Crippen molar-refractivity contribution in [2.24, 2.45) is 7.05 Å². The van der Waals surface area contributed by atoms with Crippen LogP contribution in [0.2, 0.25) is 0 Å². The van der Waals surface area contributed by atoms with E-state index in [-0.39, 0.29) is 17.9 Å². The molecule has 110 valence electrons. The Kier molecular flexibility index (Phi) is 4.11. The van der Waals surface area contributed by atoms with Crippen LogP contribution >= 0.6 is 0 Å². The molecule has 1 aromatic rings. The van der Waals surface area contributed by atoms with Gasteiger partial charge in [0.15, 0.2) is 0 Å². The minimum Gasteiger partial charge on any atom is -0.352 e. The van der Waals surface area contributed by atoms with Gasteiger partial charge < -0.3 is 10.2 Å². The molecule has 1 atom stereocenters. The Balaban J connectivity index is 2.07. The van der Waals surface area contributed by atoms with Crippen LogP contribution in [0.15, 0.2) is 6.07 Å². The normalized spacial score (nSPS) is 18.6. The van der Waals surface area contributed by atoms with Gasteiger partial charge in [0.2, 0.25) is 5.91 Å². The number of amides is 2. The van der Waals surface area contributed by atoms with Gasteiger partial charge in [0.25, 0.3) is 5.91 Å². The first-order chi connectivity index (χ1) is 9.38. The average molecular weight is 278 g/mol. The van der Waals surface area contributed by atoms with Crippen molar-refractivity contribution in [2.75, 3.05) is 13.1 Å². The molecule has 0 aromatic carbocycles. The van der Waals surface area contributed by atoms with Gasteiger partial charge >= 0.3 is 0 Å². The van der Waals surface area contributed by atoms with E-state index < -0.39 is 0 Å². The predicted octanol–water partition coefficient (Wildman–Crippen LogP) is 0.894. The van der Waals surface area contributed by atoms with E-state index in [4.69, 9.17) is 0 Å². The number of likely N-dealkylation sites (tertiary alicyclic amines) is 1. The van der Waals surface area contributed by atoms with Crippen molar-refractivity contribution in [1.82, 2.24) is 20.0 Å². The largest absolute Gasteiger partial charge is 0.352 e. The summed E-state index contributed by atoms with van der Waals surface area (Å²) in [7, 11) is 1.79. The molecular formula is C14H22N4O2. The number of rotatable bonds is 3. The van der Waals surface area contributed by atoms with Crippen LogP contribution in [0.5, 0.6) is 0 Å². The molecule has 6 heteroatoms. The maximum absolute atomic E-state index is 12.5. The summed E-state index contributed by atoms with van der Waals surface area (Å²) in [6.45, 7) is 6.85. The molecule has 0 bridgehead atoms. The second-order valence-corrected chi connectivity index (χ2v) is 5.67. The molecule has 1 saturated heterocycles. The fourth-order valence-electron chi connectivity index (χ4n) is 2.48. The summed E-state index contributed by atoms with van der Waals surface area (Å²) in [5.74, 6) is 0.236. The highest BCUT2D eigenvalue weighted by molar-refractivity contribution is 5.93. The maximum Gasteiger partial charge on any atom is 0.272 e. The first-order valence-electron chi connectivity index (χ1n) is 6.98. The summed E-state index contributed by atoms with van der Waals surface area (Å²) in [6.07, 6.45) is 0.806. The molecule has 1 fully saturated rings. The van der Waals surface area contributed by atoms with Gasteiger partial charge in [-0.25, -0.2) is 0 Å². The van der Waals surface area contributed by atoms with Gasteiger partial charge in [-0.2, -0.15) is 5.10 Å². The third kappa shape index (κ3) is 3.00. The fourth-order valence-corrected chi connectivity index (χ4v) is 2.48. The zero-order chi connectivity index (χ0) is 14.9. The summed E-state index contributed by atoms with van der Waals surface area (Å²) in [6, 6.07) is 1.92. The number of hydrogen-bond donors (Lipinski definition) is 1. The van der Waals surface area contributed by atoms with Crippen molar-refractivity contribution in [1.29, 1.82) is 0 Å². The molecular weight excluding hydrogens is 256 g/mol. The number of aryl methyl sites for hydroxylation is 1. The first kappa shape index (κ1) is 14.6. The molecule has 0 unspecified atom stereocenters. The highest BCUT2D eigenvalue weighted by Gasteiger charge is 2.29. The summed E-state index contributed by atoms with van der Waals surface area (Å²) in [5.41, 5.74) is 1.53. The van der Waals surface area contributed by atoms with Crippen molar-refractivity contribution in [3.05, 3.63) is 17.5 Å². The van der Waals surface area contributed by atoms with Gasteiger partial charge in [0.1, 0.15) is 5.69 Å². The van der Waals surface area contributed by atoms with E-state index in [0.717, 1.165) is 12.1 Å². The molecule has 2 amide bonds. The number of carbonyl (C=O) groups is 2. The summed E-state index contributed by atoms with van der Waals surface area (Å²) in [5, 5.41) is 7.23. The highest BCUT2D eigenvalue weighted by atomic mass is 16.2. The standard InChI is InChI=1S/C14H22N4O2/c1-9(2)12-7-13(17(4)16-12)14(20)18-6-5-11(8-18)15-10(3)19/h7,9,11H,5-6,8H2,1-4H3,(H,15,19)/t11-/m1/s1. The second kappa shape index (κ2) is 5.64. The maximum atomic E-state index is 12.5. The third-order valence-electron chi connectivity index (χ3n) is 3.59. The molecule has 0 saturated carbocycles. The van der Waals surface area contributed by atoms with Crippen molar-refractivity contribution < 1.29 is 9.59 Å². The van der Waals surface area contributed by atoms with Crippen LogP contribution in [0, 0.1) is 0 Å². The van der Waals surface area contributed by atoms with Crippen molar-refractivity contribution >= 4 is 11.8 Å². The van der Waals surface area contributed by atoms with Gasteiger partial charge in [0.05, 0.1) is 5.69 Å². The van der Waals surface area contributed by atoms with Crippen LogP contribution in [0.25, 0.3) is 0 Å². The highest BCUT2D eigenvalue weighted by Crippen LogP contribution is 2.17. The van der Waals surface area contributed by atoms with Crippen LogP contribution in [-0.4, -0.2) is 45.6 Å². The van der Waals surface area contributed by atoms with E-state index in [9.17, 15) is 9.59 Å². The fraction of sp³-hybridized carbons (Fsp3) is 0.643. The quantitative estimate of drug-likeness (QED) is 0.893. The van der Waals surface area contributed by atoms with Crippen molar-refractivity contribution in [3.8, 4) is 0 Å². The lowest BCUT2D eigenvalue weighted by molar-refractivity contribution is -0.119. The third-order valence-corrected chi connectivity index (χ3v) is 3.59. The lowest BCUT2D eigenvalue weighted by Crippen LogP contribution is -2.37. The molecule has 0 radical (unpaired) electrons. The molecule has 2 heterocycles. The van der Waals surface area contributed by atoms with Crippen molar-refractivity contribution in [3.63, 3.8) is 0 Å². The topological polar surface area (TPSA) is 67.2 Å². The molecule has 0 aliphatic carbocycles. The molecule has 1 aromatic heterocycles. The van der Waals surface area contributed by atoms with E-state index in [2.05, 4.69) is 24.3 Å². The van der Waals surface area contributed by atoms with E-state index in [0.29, 0.717) is 24.7 Å². The predicted molar refractivity (Wildman–Crippen MR) is 75.4 cm³/mol. The molecule has 1 aliphatic heterocycles. The van der Waals surface area contributed by atoms with E-state index in [1.165, 1.54) is 6.92 Å². The zero-order valence-electron chi connectivity index (χ0n) is 12.5. The zero-order valence-corrected chi connectivity index (χ0v) is 12.5. The number of nitrogens with zero attached hydrogens (tertiary/aromatic N) is 3. The average Bonchev–Trinajstić information content (AvgIpc) is 2.94. The molecule has 20 heavy (non-hydrogen) atoms. The molecule has 0 spiro atoms. The molecule has 1 N–H and O–H groups in total. The van der Waals surface area contributed by atoms with Gasteiger partial charge in [-0.15, -0.1) is 0 Å². The van der Waals surface area contributed by atoms with Crippen LogP contribution in [-0.2, 0) is 11.8 Å². The summed E-state index contributed by atoms with van der Waals surface area (Å²) < 4.78 is 1.64. The van der Waals surface area contributed by atoms with E-state index in [1.807, 2.05) is 6.07 Å². The monoisotopic (exact) mass is 278 g/mol. The Morgan fingerprint density at radius 1 is 1.45 bits per heavy atom. The number of aromatic nitrogens is 2. The first-order valence-corrected chi connectivity index (χ1v) is 6.98. The summed E-state index contributed by atoms with van der Waals surface area (Å²) in [4.78, 5) is 25.3. The number of carbonyl (C=O) groups excluding carboxylic acids is 2. The lowest BCUT2D eigenvalue weighted by Gasteiger charge is -2.16. The molecule has 6 nitrogen and oxygen atoms in total. The van der Waals surface area contributed by atoms with Gasteiger partial charge in [-0.1, -0.05) is 13.8 Å². The Morgan fingerprint density at radius 2 is 2.15 bits per heavy atom. The Labute approximate surface area is 119 Å². The van der Waals surface area contributed by atoms with Crippen LogP contribution < -0.4 is 5.32 Å². The SMILES string of the molecule is CC(=O)N[C@@H]1CCN(C(=O)c2cc(C(C)C)nn2C)C1. The minimum absolute atomic E-state index is 0.0141. The van der Waals surface area contributed by atoms with Crippen molar-refractivity contribution in [2.45, 2.75) is 39.2 Å². The van der Waals surface area contributed by atoms with E-state index >= 15 is 0 Å². The van der Waals surface area contributed by atoms with Crippen LogP contribution in [0.4, 0.5) is 0 Å². The molecule has 1 aliphatic rings. The smallest absolute Gasteiger partial charge is 0.272 e. The van der Waals surface area contributed by atoms with Gasteiger partial charge in [-0.05, 0) is 18.4 Å². The number of hydrogen-bond acceptors (Lipinski definition) is 3. The Bertz CT molecular complexity index is 521. The van der Waals surface area contributed by atoms with Gasteiger partial charge in [0, 0.05) is 33.1 Å². The Hall–Kier alpha value is -1.85. The van der Waals surface area contributed by atoms with Crippen LogP contribution in [0.3, 0.4) is 0 Å². The number of nitrogens with one attached hydrogen (secondary N) is 1. The molecule has 2 rings (SSSR count). The summed E-state index contributed by atoms with van der Waals surface area (Å²) >= 11 is 0. The van der Waals surface area contributed by atoms with Crippen LogP contribution in [0.1, 0.15) is 49.3 Å².